The Labute approximate surface area is 113 Å². The number of pyridine rings is 1. The fraction of sp³-hybridized carbons (Fsp3) is 0.0714. The Balaban J connectivity index is 2.17. The minimum atomic E-state index is -1.20. The van der Waals surface area contributed by atoms with E-state index >= 15 is 0 Å². The molecule has 2 aromatic rings. The van der Waals surface area contributed by atoms with Crippen molar-refractivity contribution < 1.29 is 19.0 Å². The van der Waals surface area contributed by atoms with Crippen molar-refractivity contribution in [2.45, 2.75) is 6.61 Å². The molecule has 0 atom stereocenters. The minimum Gasteiger partial charge on any atom is -0.486 e. The maximum Gasteiger partial charge on any atom is 0.358 e. The summed E-state index contributed by atoms with van der Waals surface area (Å²) in [7, 11) is 0. The lowest BCUT2D eigenvalue weighted by atomic mass is 10.1. The van der Waals surface area contributed by atoms with Gasteiger partial charge in [-0.05, 0) is 29.8 Å². The van der Waals surface area contributed by atoms with Gasteiger partial charge in [-0.2, -0.15) is 5.26 Å². The van der Waals surface area contributed by atoms with Crippen molar-refractivity contribution >= 4 is 5.97 Å². The maximum absolute atomic E-state index is 13.2. The van der Waals surface area contributed by atoms with Gasteiger partial charge in [-0.3, -0.25) is 0 Å². The van der Waals surface area contributed by atoms with Gasteiger partial charge in [0.15, 0.2) is 11.4 Å². The van der Waals surface area contributed by atoms with Crippen LogP contribution in [-0.4, -0.2) is 16.1 Å². The van der Waals surface area contributed by atoms with Gasteiger partial charge in [-0.1, -0.05) is 6.07 Å². The van der Waals surface area contributed by atoms with E-state index in [1.807, 2.05) is 0 Å². The number of nitriles is 1. The van der Waals surface area contributed by atoms with Crippen LogP contribution < -0.4 is 4.74 Å². The van der Waals surface area contributed by atoms with Crippen LogP contribution in [0, 0.1) is 17.1 Å². The van der Waals surface area contributed by atoms with Crippen LogP contribution in [0.4, 0.5) is 4.39 Å². The summed E-state index contributed by atoms with van der Waals surface area (Å²) in [5.41, 5.74) is 0.272. The molecular formula is C14H9FN2O3. The molecule has 0 spiro atoms. The molecule has 100 valence electrons. The first-order chi connectivity index (χ1) is 9.61. The van der Waals surface area contributed by atoms with E-state index in [1.54, 1.807) is 12.1 Å². The monoisotopic (exact) mass is 272 g/mol. The van der Waals surface area contributed by atoms with Gasteiger partial charge in [0.25, 0.3) is 0 Å². The molecule has 1 N–H and O–H groups in total. The number of carbonyl (C=O) groups is 1. The lowest BCUT2D eigenvalue weighted by Gasteiger charge is -2.08. The largest absolute Gasteiger partial charge is 0.486 e. The molecule has 1 aromatic heterocycles. The Bertz CT molecular complexity index is 695. The van der Waals surface area contributed by atoms with Crippen LogP contribution in [0.5, 0.6) is 5.75 Å². The highest BCUT2D eigenvalue weighted by atomic mass is 19.1. The maximum atomic E-state index is 13.2. The SMILES string of the molecule is N#Cc1cc(COc2cccnc2C(=O)O)ccc1F. The molecule has 0 aliphatic carbocycles. The molecule has 0 aliphatic rings. The summed E-state index contributed by atoms with van der Waals surface area (Å²) in [5, 5.41) is 17.7. The fourth-order valence-electron chi connectivity index (χ4n) is 1.58. The Morgan fingerprint density at radius 2 is 2.25 bits per heavy atom. The topological polar surface area (TPSA) is 83.2 Å². The lowest BCUT2D eigenvalue weighted by molar-refractivity contribution is 0.0685. The van der Waals surface area contributed by atoms with Crippen molar-refractivity contribution in [2.24, 2.45) is 0 Å². The van der Waals surface area contributed by atoms with Crippen molar-refractivity contribution in [1.29, 1.82) is 5.26 Å². The van der Waals surface area contributed by atoms with Gasteiger partial charge in [0, 0.05) is 6.20 Å². The Kier molecular flexibility index (Phi) is 3.91. The molecule has 0 fully saturated rings. The van der Waals surface area contributed by atoms with Crippen molar-refractivity contribution in [2.75, 3.05) is 0 Å². The molecule has 0 unspecified atom stereocenters. The number of halogens is 1. The lowest BCUT2D eigenvalue weighted by Crippen LogP contribution is -2.05. The Morgan fingerprint density at radius 3 is 2.95 bits per heavy atom. The number of hydrogen-bond acceptors (Lipinski definition) is 4. The smallest absolute Gasteiger partial charge is 0.358 e. The molecule has 0 bridgehead atoms. The van der Waals surface area contributed by atoms with Crippen LogP contribution in [0.25, 0.3) is 0 Å². The zero-order chi connectivity index (χ0) is 14.5. The van der Waals surface area contributed by atoms with E-state index in [1.165, 1.54) is 30.5 Å². The predicted octanol–water partition coefficient (Wildman–Crippen LogP) is 2.37. The summed E-state index contributed by atoms with van der Waals surface area (Å²) < 4.78 is 18.5. The van der Waals surface area contributed by atoms with E-state index in [-0.39, 0.29) is 23.6 Å². The van der Waals surface area contributed by atoms with Gasteiger partial charge < -0.3 is 9.84 Å². The summed E-state index contributed by atoms with van der Waals surface area (Å²) in [5.74, 6) is -1.69. The van der Waals surface area contributed by atoms with E-state index in [9.17, 15) is 9.18 Å². The fourth-order valence-corrected chi connectivity index (χ4v) is 1.58. The average molecular weight is 272 g/mol. The zero-order valence-corrected chi connectivity index (χ0v) is 10.2. The van der Waals surface area contributed by atoms with Crippen LogP contribution in [0.2, 0.25) is 0 Å². The molecule has 0 amide bonds. The third-order valence-corrected chi connectivity index (χ3v) is 2.52. The van der Waals surface area contributed by atoms with Gasteiger partial charge in [0.1, 0.15) is 18.5 Å². The highest BCUT2D eigenvalue weighted by molar-refractivity contribution is 5.88. The molecule has 0 radical (unpaired) electrons. The van der Waals surface area contributed by atoms with Gasteiger partial charge in [0.2, 0.25) is 0 Å². The quantitative estimate of drug-likeness (QED) is 0.923. The van der Waals surface area contributed by atoms with Crippen molar-refractivity contribution in [3.05, 3.63) is 59.2 Å². The molecule has 1 aromatic carbocycles. The van der Waals surface area contributed by atoms with E-state index in [2.05, 4.69) is 4.98 Å². The number of carboxylic acid groups (broad SMARTS) is 1. The highest BCUT2D eigenvalue weighted by Gasteiger charge is 2.12. The van der Waals surface area contributed by atoms with Crippen molar-refractivity contribution in [1.82, 2.24) is 4.98 Å². The molecular weight excluding hydrogens is 263 g/mol. The molecule has 0 saturated heterocycles. The van der Waals surface area contributed by atoms with Gasteiger partial charge in [0.05, 0.1) is 5.56 Å². The van der Waals surface area contributed by atoms with Crippen LogP contribution in [-0.2, 0) is 6.61 Å². The van der Waals surface area contributed by atoms with Crippen molar-refractivity contribution in [3.63, 3.8) is 0 Å². The zero-order valence-electron chi connectivity index (χ0n) is 10.2. The number of nitrogens with zero attached hydrogens (tertiary/aromatic N) is 2. The van der Waals surface area contributed by atoms with Crippen LogP contribution >= 0.6 is 0 Å². The standard InChI is InChI=1S/C14H9FN2O3/c15-11-4-3-9(6-10(11)7-16)8-20-12-2-1-5-17-13(12)14(18)19/h1-6H,8H2,(H,18,19). The van der Waals surface area contributed by atoms with E-state index < -0.39 is 11.8 Å². The second-order valence-corrected chi connectivity index (χ2v) is 3.87. The predicted molar refractivity (Wildman–Crippen MR) is 66.6 cm³/mol. The number of ether oxygens (including phenoxy) is 1. The molecule has 2 rings (SSSR count). The molecule has 1 heterocycles. The first kappa shape index (κ1) is 13.5. The van der Waals surface area contributed by atoms with Crippen LogP contribution in [0.15, 0.2) is 36.5 Å². The first-order valence-electron chi connectivity index (χ1n) is 5.61. The summed E-state index contributed by atoms with van der Waals surface area (Å²) in [6.45, 7) is 0.0148. The first-order valence-corrected chi connectivity index (χ1v) is 5.61. The Morgan fingerprint density at radius 1 is 1.45 bits per heavy atom. The van der Waals surface area contributed by atoms with Gasteiger partial charge in [-0.15, -0.1) is 0 Å². The highest BCUT2D eigenvalue weighted by Crippen LogP contribution is 2.18. The second kappa shape index (κ2) is 5.80. The van der Waals surface area contributed by atoms with E-state index in [0.717, 1.165) is 0 Å². The second-order valence-electron chi connectivity index (χ2n) is 3.87. The summed E-state index contributed by atoms with van der Waals surface area (Å²) in [6.07, 6.45) is 1.35. The van der Waals surface area contributed by atoms with Gasteiger partial charge >= 0.3 is 5.97 Å². The number of aromatic carboxylic acids is 1. The summed E-state index contributed by atoms with van der Waals surface area (Å²) >= 11 is 0. The van der Waals surface area contributed by atoms with Crippen LogP contribution in [0.3, 0.4) is 0 Å². The van der Waals surface area contributed by atoms with Crippen LogP contribution in [0.1, 0.15) is 21.6 Å². The average Bonchev–Trinajstić information content (AvgIpc) is 2.46. The number of hydrogen-bond donors (Lipinski definition) is 1. The third-order valence-electron chi connectivity index (χ3n) is 2.52. The summed E-state index contributed by atoms with van der Waals surface area (Å²) in [4.78, 5) is 14.6. The third kappa shape index (κ3) is 2.90. The van der Waals surface area contributed by atoms with Crippen molar-refractivity contribution in [3.8, 4) is 11.8 Å². The molecule has 0 aliphatic heterocycles. The minimum absolute atomic E-state index is 0.0148. The normalized spacial score (nSPS) is 9.80. The Hall–Kier alpha value is -2.94. The van der Waals surface area contributed by atoms with E-state index in [4.69, 9.17) is 15.1 Å². The molecule has 6 heteroatoms. The van der Waals surface area contributed by atoms with E-state index in [0.29, 0.717) is 5.56 Å². The number of aromatic nitrogens is 1. The molecule has 5 nitrogen and oxygen atoms in total. The number of rotatable bonds is 4. The number of benzene rings is 1. The molecule has 20 heavy (non-hydrogen) atoms. The van der Waals surface area contributed by atoms with Gasteiger partial charge in [-0.25, -0.2) is 14.2 Å². The number of carboxylic acids is 1. The molecule has 0 saturated carbocycles. The summed E-state index contributed by atoms with van der Waals surface area (Å²) in [6, 6.07) is 8.74.